The highest BCUT2D eigenvalue weighted by molar-refractivity contribution is 5.89. The molecule has 0 aliphatic rings. The summed E-state index contributed by atoms with van der Waals surface area (Å²) in [7, 11) is 1.26. The lowest BCUT2D eigenvalue weighted by Gasteiger charge is -2.16. The molecule has 4 nitrogen and oxygen atoms in total. The van der Waals surface area contributed by atoms with E-state index in [0.717, 1.165) is 5.56 Å². The Hall–Kier alpha value is -2.69. The van der Waals surface area contributed by atoms with E-state index >= 15 is 0 Å². The van der Waals surface area contributed by atoms with E-state index < -0.39 is 11.8 Å². The van der Waals surface area contributed by atoms with Gasteiger partial charge in [0, 0.05) is 12.1 Å². The van der Waals surface area contributed by atoms with Crippen LogP contribution in [0.2, 0.25) is 0 Å². The zero-order chi connectivity index (χ0) is 17.5. The van der Waals surface area contributed by atoms with E-state index in [1.54, 1.807) is 0 Å². The molecule has 0 saturated heterocycles. The van der Waals surface area contributed by atoms with E-state index in [1.165, 1.54) is 25.3 Å². The van der Waals surface area contributed by atoms with Gasteiger partial charge in [-0.1, -0.05) is 37.3 Å². The van der Waals surface area contributed by atoms with Crippen LogP contribution in [0.1, 0.15) is 40.7 Å². The van der Waals surface area contributed by atoms with Gasteiger partial charge < -0.3 is 10.1 Å². The van der Waals surface area contributed by atoms with E-state index in [-0.39, 0.29) is 29.5 Å². The molecule has 1 amide bonds. The first-order chi connectivity index (χ1) is 11.6. The molecule has 0 aromatic heterocycles. The predicted octanol–water partition coefficient (Wildman–Crippen LogP) is 3.42. The molecule has 0 fully saturated rings. The summed E-state index contributed by atoms with van der Waals surface area (Å²) in [6, 6.07) is 13.4. The zero-order valence-electron chi connectivity index (χ0n) is 13.7. The summed E-state index contributed by atoms with van der Waals surface area (Å²) in [5.41, 5.74) is 1.41. The van der Waals surface area contributed by atoms with Gasteiger partial charge in [0.15, 0.2) is 0 Å². The number of methoxy groups -OCH3 is 1. The Morgan fingerprint density at radius 1 is 1.17 bits per heavy atom. The molecular formula is C19H20FNO3. The van der Waals surface area contributed by atoms with Crippen LogP contribution >= 0.6 is 0 Å². The second-order valence-electron chi connectivity index (χ2n) is 5.39. The summed E-state index contributed by atoms with van der Waals surface area (Å²) < 4.78 is 18.5. The Morgan fingerprint density at radius 3 is 2.50 bits per heavy atom. The number of benzene rings is 2. The van der Waals surface area contributed by atoms with Crippen molar-refractivity contribution in [3.05, 3.63) is 71.0 Å². The van der Waals surface area contributed by atoms with Gasteiger partial charge in [-0.3, -0.25) is 4.79 Å². The minimum atomic E-state index is -0.543. The van der Waals surface area contributed by atoms with Crippen molar-refractivity contribution in [2.45, 2.75) is 25.8 Å². The quantitative estimate of drug-likeness (QED) is 0.826. The molecule has 1 atom stereocenters. The molecule has 0 aliphatic carbocycles. The molecule has 24 heavy (non-hydrogen) atoms. The van der Waals surface area contributed by atoms with Gasteiger partial charge in [-0.05, 0) is 30.2 Å². The Balaban J connectivity index is 2.09. The lowest BCUT2D eigenvalue weighted by Crippen LogP contribution is -2.29. The number of hydrogen-bond acceptors (Lipinski definition) is 3. The number of carbonyl (C=O) groups is 2. The highest BCUT2D eigenvalue weighted by Gasteiger charge is 2.19. The smallest absolute Gasteiger partial charge is 0.337 e. The summed E-state index contributed by atoms with van der Waals surface area (Å²) in [5.74, 6) is -1.49. The first kappa shape index (κ1) is 17.7. The van der Waals surface area contributed by atoms with Gasteiger partial charge in [-0.15, -0.1) is 0 Å². The van der Waals surface area contributed by atoms with Crippen LogP contribution in [-0.4, -0.2) is 19.0 Å². The topological polar surface area (TPSA) is 55.4 Å². The molecule has 0 spiro atoms. The minimum absolute atomic E-state index is 0.0127. The maximum Gasteiger partial charge on any atom is 0.337 e. The summed E-state index contributed by atoms with van der Waals surface area (Å²) >= 11 is 0. The number of rotatable bonds is 6. The van der Waals surface area contributed by atoms with E-state index in [2.05, 4.69) is 10.1 Å². The molecule has 2 aromatic carbocycles. The van der Waals surface area contributed by atoms with Crippen LogP contribution in [0.3, 0.4) is 0 Å². The fourth-order valence-corrected chi connectivity index (χ4v) is 2.52. The highest BCUT2D eigenvalue weighted by atomic mass is 19.1. The molecule has 0 unspecified atom stereocenters. The third-order valence-electron chi connectivity index (χ3n) is 3.85. The number of ether oxygens (including phenoxy) is 1. The Morgan fingerprint density at radius 2 is 1.88 bits per heavy atom. The van der Waals surface area contributed by atoms with Crippen molar-refractivity contribution in [3.8, 4) is 0 Å². The molecule has 1 N–H and O–H groups in total. The second kappa shape index (κ2) is 8.24. The van der Waals surface area contributed by atoms with Crippen LogP contribution in [0.15, 0.2) is 48.5 Å². The fraction of sp³-hybridized carbons (Fsp3) is 0.263. The van der Waals surface area contributed by atoms with Gasteiger partial charge in [0.1, 0.15) is 5.82 Å². The van der Waals surface area contributed by atoms with Crippen LogP contribution in [0.4, 0.5) is 4.39 Å². The molecule has 0 aliphatic heterocycles. The number of hydrogen-bond donors (Lipinski definition) is 1. The van der Waals surface area contributed by atoms with Crippen molar-refractivity contribution < 1.29 is 18.7 Å². The number of nitrogens with one attached hydrogen (secondary N) is 1. The lowest BCUT2D eigenvalue weighted by atomic mass is 9.95. The van der Waals surface area contributed by atoms with Gasteiger partial charge in [0.05, 0.1) is 18.6 Å². The summed E-state index contributed by atoms with van der Waals surface area (Å²) in [6.07, 6.45) is 0.639. The average molecular weight is 329 g/mol. The standard InChI is InChI=1S/C19H20FNO3/c1-3-16(13-7-5-4-6-8-13)18(22)21-12-15-11-14(19(23)24-2)9-10-17(15)20/h4-11,16H,3,12H2,1-2H3,(H,21,22)/t16-/m0/s1. The van der Waals surface area contributed by atoms with E-state index in [9.17, 15) is 14.0 Å². The van der Waals surface area contributed by atoms with Gasteiger partial charge in [-0.25, -0.2) is 9.18 Å². The molecule has 2 rings (SSSR count). The molecular weight excluding hydrogens is 309 g/mol. The molecule has 0 bridgehead atoms. The Bertz CT molecular complexity index is 716. The Kier molecular flexibility index (Phi) is 6.07. The van der Waals surface area contributed by atoms with Crippen LogP contribution in [0.25, 0.3) is 0 Å². The summed E-state index contributed by atoms with van der Waals surface area (Å²) in [4.78, 5) is 23.9. The molecule has 126 valence electrons. The maximum absolute atomic E-state index is 13.9. The normalized spacial score (nSPS) is 11.6. The van der Waals surface area contributed by atoms with Crippen molar-refractivity contribution in [3.63, 3.8) is 0 Å². The van der Waals surface area contributed by atoms with Crippen molar-refractivity contribution in [1.29, 1.82) is 0 Å². The van der Waals surface area contributed by atoms with Gasteiger partial charge >= 0.3 is 5.97 Å². The monoisotopic (exact) mass is 329 g/mol. The largest absolute Gasteiger partial charge is 0.465 e. The van der Waals surface area contributed by atoms with Crippen LogP contribution in [0, 0.1) is 5.82 Å². The van der Waals surface area contributed by atoms with Crippen LogP contribution in [0.5, 0.6) is 0 Å². The van der Waals surface area contributed by atoms with E-state index in [1.807, 2.05) is 37.3 Å². The first-order valence-corrected chi connectivity index (χ1v) is 7.76. The average Bonchev–Trinajstić information content (AvgIpc) is 2.62. The highest BCUT2D eigenvalue weighted by Crippen LogP contribution is 2.20. The molecule has 0 radical (unpaired) electrons. The lowest BCUT2D eigenvalue weighted by molar-refractivity contribution is -0.122. The van der Waals surface area contributed by atoms with E-state index in [0.29, 0.717) is 6.42 Å². The minimum Gasteiger partial charge on any atom is -0.465 e. The molecule has 0 saturated carbocycles. The summed E-state index contributed by atoms with van der Waals surface area (Å²) in [6.45, 7) is 1.94. The number of halogens is 1. The molecule has 0 heterocycles. The van der Waals surface area contributed by atoms with Crippen LogP contribution in [-0.2, 0) is 16.1 Å². The van der Waals surface area contributed by atoms with Gasteiger partial charge in [-0.2, -0.15) is 0 Å². The maximum atomic E-state index is 13.9. The first-order valence-electron chi connectivity index (χ1n) is 7.76. The van der Waals surface area contributed by atoms with Crippen LogP contribution < -0.4 is 5.32 Å². The third-order valence-corrected chi connectivity index (χ3v) is 3.85. The van der Waals surface area contributed by atoms with Crippen molar-refractivity contribution in [1.82, 2.24) is 5.32 Å². The van der Waals surface area contributed by atoms with Gasteiger partial charge in [0.25, 0.3) is 0 Å². The summed E-state index contributed by atoms with van der Waals surface area (Å²) in [5, 5.41) is 2.74. The van der Waals surface area contributed by atoms with Gasteiger partial charge in [0.2, 0.25) is 5.91 Å². The third kappa shape index (κ3) is 4.19. The number of amides is 1. The fourth-order valence-electron chi connectivity index (χ4n) is 2.52. The second-order valence-corrected chi connectivity index (χ2v) is 5.39. The predicted molar refractivity (Wildman–Crippen MR) is 89.1 cm³/mol. The molecule has 5 heteroatoms. The molecule has 2 aromatic rings. The zero-order valence-corrected chi connectivity index (χ0v) is 13.7. The number of carbonyl (C=O) groups excluding carboxylic acids is 2. The SMILES string of the molecule is CC[C@H](C(=O)NCc1cc(C(=O)OC)ccc1F)c1ccccc1. The van der Waals surface area contributed by atoms with E-state index in [4.69, 9.17) is 0 Å². The number of esters is 1. The van der Waals surface area contributed by atoms with Crippen molar-refractivity contribution in [2.24, 2.45) is 0 Å². The van der Waals surface area contributed by atoms with Crippen molar-refractivity contribution >= 4 is 11.9 Å². The van der Waals surface area contributed by atoms with Crippen molar-refractivity contribution in [2.75, 3.05) is 7.11 Å². The Labute approximate surface area is 140 Å².